The van der Waals surface area contributed by atoms with Crippen molar-refractivity contribution in [1.29, 1.82) is 0 Å². The summed E-state index contributed by atoms with van der Waals surface area (Å²) >= 11 is 1.59. The predicted octanol–water partition coefficient (Wildman–Crippen LogP) is 4.20. The Bertz CT molecular complexity index is 1220. The number of thiazole rings is 1. The van der Waals surface area contributed by atoms with E-state index in [0.29, 0.717) is 18.7 Å². The number of carbonyl (C=O) groups is 1. The van der Waals surface area contributed by atoms with Crippen LogP contribution in [0.5, 0.6) is 0 Å². The van der Waals surface area contributed by atoms with Crippen molar-refractivity contribution in [3.05, 3.63) is 71.4 Å². The van der Waals surface area contributed by atoms with E-state index in [1.54, 1.807) is 29.7 Å². The van der Waals surface area contributed by atoms with E-state index in [2.05, 4.69) is 14.9 Å². The molecule has 1 aromatic carbocycles. The second-order valence-corrected chi connectivity index (χ2v) is 8.66. The molecule has 5 rings (SSSR count). The Morgan fingerprint density at radius 2 is 1.81 bits per heavy atom. The molecule has 1 aliphatic rings. The molecule has 0 bridgehead atoms. The maximum atomic E-state index is 13.3. The van der Waals surface area contributed by atoms with E-state index in [1.807, 2.05) is 41.5 Å². The highest BCUT2D eigenvalue weighted by atomic mass is 32.1. The number of benzene rings is 1. The first kappa shape index (κ1) is 19.7. The number of nitrogens with zero attached hydrogens (tertiary/aromatic N) is 5. The number of aromatic nitrogens is 3. The molecule has 0 unspecified atom stereocenters. The molecule has 3 aromatic heterocycles. The van der Waals surface area contributed by atoms with Gasteiger partial charge in [-0.1, -0.05) is 11.3 Å². The summed E-state index contributed by atoms with van der Waals surface area (Å²) in [6.45, 7) is 6.66. The van der Waals surface area contributed by atoms with Gasteiger partial charge in [0.15, 0.2) is 5.13 Å². The fourth-order valence-electron chi connectivity index (χ4n) is 4.13. The molecule has 1 fully saturated rings. The van der Waals surface area contributed by atoms with Crippen LogP contribution in [-0.4, -0.2) is 51.5 Å². The van der Waals surface area contributed by atoms with Crippen LogP contribution in [0.4, 0.5) is 9.52 Å². The Balaban J connectivity index is 1.32. The Hall–Kier alpha value is -3.26. The molecule has 4 heterocycles. The average molecular weight is 436 g/mol. The maximum Gasteiger partial charge on any atom is 0.255 e. The molecular formula is C23H22FN5OS. The molecule has 1 saturated heterocycles. The van der Waals surface area contributed by atoms with Crippen LogP contribution in [0.25, 0.3) is 16.0 Å². The van der Waals surface area contributed by atoms with E-state index in [0.717, 1.165) is 45.6 Å². The molecular weight excluding hydrogens is 413 g/mol. The van der Waals surface area contributed by atoms with Gasteiger partial charge in [0.25, 0.3) is 5.91 Å². The molecule has 4 aromatic rings. The van der Waals surface area contributed by atoms with Crippen molar-refractivity contribution in [2.24, 2.45) is 0 Å². The number of anilines is 1. The van der Waals surface area contributed by atoms with Gasteiger partial charge in [-0.05, 0) is 56.3 Å². The van der Waals surface area contributed by atoms with Crippen LogP contribution in [0.1, 0.15) is 21.7 Å². The van der Waals surface area contributed by atoms with Gasteiger partial charge in [0.05, 0.1) is 5.56 Å². The lowest BCUT2D eigenvalue weighted by molar-refractivity contribution is 0.0746. The number of hydrogen-bond donors (Lipinski definition) is 0. The van der Waals surface area contributed by atoms with Crippen LogP contribution >= 0.6 is 11.3 Å². The summed E-state index contributed by atoms with van der Waals surface area (Å²) in [5, 5.41) is 0.954. The van der Waals surface area contributed by atoms with Gasteiger partial charge in [0.2, 0.25) is 0 Å². The third kappa shape index (κ3) is 3.57. The Morgan fingerprint density at radius 1 is 1.06 bits per heavy atom. The zero-order valence-electron chi connectivity index (χ0n) is 17.4. The molecule has 0 spiro atoms. The van der Waals surface area contributed by atoms with Crippen molar-refractivity contribution in [1.82, 2.24) is 19.4 Å². The molecule has 8 heteroatoms. The first-order chi connectivity index (χ1) is 15.0. The van der Waals surface area contributed by atoms with Crippen LogP contribution in [0, 0.1) is 19.7 Å². The highest BCUT2D eigenvalue weighted by molar-refractivity contribution is 7.21. The van der Waals surface area contributed by atoms with Gasteiger partial charge in [-0.25, -0.2) is 14.4 Å². The van der Waals surface area contributed by atoms with Gasteiger partial charge in [0.1, 0.15) is 16.2 Å². The summed E-state index contributed by atoms with van der Waals surface area (Å²) in [6, 6.07) is 12.1. The Labute approximate surface area is 183 Å². The van der Waals surface area contributed by atoms with Crippen LogP contribution in [0.3, 0.4) is 0 Å². The zero-order chi connectivity index (χ0) is 21.5. The first-order valence-electron chi connectivity index (χ1n) is 10.2. The van der Waals surface area contributed by atoms with E-state index >= 15 is 0 Å². The number of pyridine rings is 1. The van der Waals surface area contributed by atoms with Crippen molar-refractivity contribution < 1.29 is 9.18 Å². The van der Waals surface area contributed by atoms with Crippen molar-refractivity contribution in [3.63, 3.8) is 0 Å². The highest BCUT2D eigenvalue weighted by Gasteiger charge is 2.26. The zero-order valence-corrected chi connectivity index (χ0v) is 18.2. The third-order valence-corrected chi connectivity index (χ3v) is 6.78. The van der Waals surface area contributed by atoms with Crippen LogP contribution in [0.15, 0.2) is 48.7 Å². The molecule has 0 atom stereocenters. The van der Waals surface area contributed by atoms with E-state index < -0.39 is 0 Å². The van der Waals surface area contributed by atoms with Crippen LogP contribution < -0.4 is 4.90 Å². The molecule has 158 valence electrons. The number of carbonyl (C=O) groups excluding carboxylic acids is 1. The van der Waals surface area contributed by atoms with Gasteiger partial charge in [0, 0.05) is 49.5 Å². The first-order valence-corrected chi connectivity index (χ1v) is 11.0. The Morgan fingerprint density at radius 3 is 2.52 bits per heavy atom. The van der Waals surface area contributed by atoms with Gasteiger partial charge >= 0.3 is 0 Å². The summed E-state index contributed by atoms with van der Waals surface area (Å²) in [7, 11) is 0. The van der Waals surface area contributed by atoms with Crippen molar-refractivity contribution >= 4 is 32.7 Å². The third-order valence-electron chi connectivity index (χ3n) is 5.74. The molecule has 1 aliphatic heterocycles. The lowest BCUT2D eigenvalue weighted by atomic mass is 10.2. The molecule has 0 radical (unpaired) electrons. The van der Waals surface area contributed by atoms with E-state index in [9.17, 15) is 9.18 Å². The summed E-state index contributed by atoms with van der Waals surface area (Å²) < 4.78 is 15.3. The quantitative estimate of drug-likeness (QED) is 0.484. The smallest absolute Gasteiger partial charge is 0.255 e. The number of piperazine rings is 1. The molecule has 0 saturated carbocycles. The largest absolute Gasteiger partial charge is 0.344 e. The van der Waals surface area contributed by atoms with Crippen molar-refractivity contribution in [2.45, 2.75) is 13.8 Å². The number of hydrogen-bond acceptors (Lipinski definition) is 5. The molecule has 1 amide bonds. The van der Waals surface area contributed by atoms with E-state index in [-0.39, 0.29) is 11.7 Å². The monoisotopic (exact) mass is 435 g/mol. The van der Waals surface area contributed by atoms with Gasteiger partial charge in [-0.15, -0.1) is 0 Å². The highest BCUT2D eigenvalue weighted by Crippen LogP contribution is 2.28. The topological polar surface area (TPSA) is 54.3 Å². The summed E-state index contributed by atoms with van der Waals surface area (Å²) in [5.41, 5.74) is 4.28. The number of amides is 1. The van der Waals surface area contributed by atoms with Crippen LogP contribution in [0.2, 0.25) is 0 Å². The molecule has 0 N–H and O–H groups in total. The molecule has 6 nitrogen and oxygen atoms in total. The van der Waals surface area contributed by atoms with Gasteiger partial charge in [-0.3, -0.25) is 4.79 Å². The minimum absolute atomic E-state index is 0.0343. The standard InChI is InChI=1S/C23H22FN5OS/c1-15-14-19(16(2)29(15)18-7-5-17(24)6-8-18)22(30)27-10-12-28(13-11-27)23-26-20-4-3-9-25-21(20)31-23/h3-9,14H,10-13H2,1-2H3. The fourth-order valence-corrected chi connectivity index (χ4v) is 5.09. The number of fused-ring (bicyclic) bond motifs is 1. The number of halogens is 1. The van der Waals surface area contributed by atoms with Crippen molar-refractivity contribution in [2.75, 3.05) is 31.1 Å². The van der Waals surface area contributed by atoms with E-state index in [1.165, 1.54) is 12.1 Å². The summed E-state index contributed by atoms with van der Waals surface area (Å²) in [5.74, 6) is -0.239. The normalized spacial score (nSPS) is 14.4. The fraction of sp³-hybridized carbons (Fsp3) is 0.261. The maximum absolute atomic E-state index is 13.3. The summed E-state index contributed by atoms with van der Waals surface area (Å²) in [6.07, 6.45) is 1.78. The lowest BCUT2D eigenvalue weighted by Gasteiger charge is -2.34. The Kier molecular flexibility index (Phi) is 4.94. The van der Waals surface area contributed by atoms with Crippen LogP contribution in [-0.2, 0) is 0 Å². The average Bonchev–Trinajstić information content (AvgIpc) is 3.35. The molecule has 31 heavy (non-hydrogen) atoms. The van der Waals surface area contributed by atoms with E-state index in [4.69, 9.17) is 0 Å². The lowest BCUT2D eigenvalue weighted by Crippen LogP contribution is -2.48. The SMILES string of the molecule is Cc1cc(C(=O)N2CCN(c3nc4cccnc4s3)CC2)c(C)n1-c1ccc(F)cc1. The minimum atomic E-state index is -0.274. The number of aryl methyl sites for hydroxylation is 1. The summed E-state index contributed by atoms with van der Waals surface area (Å²) in [4.78, 5) is 27.4. The predicted molar refractivity (Wildman–Crippen MR) is 121 cm³/mol. The second kappa shape index (κ2) is 7.77. The van der Waals surface area contributed by atoms with Gasteiger partial charge in [-0.2, -0.15) is 0 Å². The molecule has 0 aliphatic carbocycles. The second-order valence-electron chi connectivity index (χ2n) is 7.70. The number of rotatable bonds is 3. The minimum Gasteiger partial charge on any atom is -0.344 e. The van der Waals surface area contributed by atoms with Gasteiger partial charge < -0.3 is 14.4 Å². The van der Waals surface area contributed by atoms with Crippen molar-refractivity contribution in [3.8, 4) is 5.69 Å².